The molecule has 0 spiro atoms. The quantitative estimate of drug-likeness (QED) is 0.201. The summed E-state index contributed by atoms with van der Waals surface area (Å²) in [5.74, 6) is -0.978. The molecule has 2 saturated carbocycles. The number of ether oxygens (including phenoxy) is 3. The van der Waals surface area contributed by atoms with E-state index in [4.69, 9.17) is 19.5 Å². The van der Waals surface area contributed by atoms with Crippen LogP contribution in [0.3, 0.4) is 0 Å². The molecule has 0 N–H and O–H groups in total. The normalized spacial score (nSPS) is 28.3. The lowest BCUT2D eigenvalue weighted by molar-refractivity contribution is -0.222. The first kappa shape index (κ1) is 31.8. The van der Waals surface area contributed by atoms with Crippen molar-refractivity contribution in [3.8, 4) is 11.8 Å². The van der Waals surface area contributed by atoms with E-state index in [0.29, 0.717) is 49.0 Å². The minimum atomic E-state index is -3.50. The number of nitriles is 1. The Hall–Kier alpha value is -2.63. The van der Waals surface area contributed by atoms with Gasteiger partial charge in [0.2, 0.25) is 0 Å². The number of hydrogen-bond donors (Lipinski definition) is 0. The molecule has 2 aromatic carbocycles. The third-order valence-corrected chi connectivity index (χ3v) is 9.95. The number of unbranched alkanes of at least 4 members (excludes halogenated alkanes) is 2. The highest BCUT2D eigenvalue weighted by molar-refractivity contribution is 5.36. The molecule has 4 nitrogen and oxygen atoms in total. The van der Waals surface area contributed by atoms with E-state index in [2.05, 4.69) is 6.92 Å². The molecule has 3 aliphatic rings. The number of nitrogens with zero attached hydrogens (tertiary/aromatic N) is 1. The van der Waals surface area contributed by atoms with E-state index >= 15 is 4.39 Å². The molecule has 1 heterocycles. The van der Waals surface area contributed by atoms with Gasteiger partial charge in [-0.1, -0.05) is 57.6 Å². The maximum Gasteiger partial charge on any atom is 0.400 e. The van der Waals surface area contributed by atoms with Crippen LogP contribution in [-0.2, 0) is 9.47 Å². The third-order valence-electron chi connectivity index (χ3n) is 9.95. The molecule has 43 heavy (non-hydrogen) atoms. The lowest BCUT2D eigenvalue weighted by atomic mass is 9.74. The number of alkyl halides is 2. The first-order valence-corrected chi connectivity index (χ1v) is 16.1. The van der Waals surface area contributed by atoms with Crippen molar-refractivity contribution in [1.82, 2.24) is 0 Å². The van der Waals surface area contributed by atoms with E-state index in [-0.39, 0.29) is 35.9 Å². The number of hydrogen-bond acceptors (Lipinski definition) is 4. The SMILES string of the molecule is CCCCCC1CCC(C2COC(c3ccc(C4CCC(C(F)(F)Oc5ccc(C#N)c(F)c5)CC4)c(F)c3)OC2)CC1. The molecule has 0 atom stereocenters. The van der Waals surface area contributed by atoms with Gasteiger partial charge in [-0.2, -0.15) is 14.0 Å². The fourth-order valence-electron chi connectivity index (χ4n) is 7.27. The Balaban J connectivity index is 1.09. The van der Waals surface area contributed by atoms with Crippen LogP contribution in [0.2, 0.25) is 0 Å². The highest BCUT2D eigenvalue weighted by Gasteiger charge is 2.44. The van der Waals surface area contributed by atoms with Crippen molar-refractivity contribution in [2.75, 3.05) is 13.2 Å². The van der Waals surface area contributed by atoms with Crippen LogP contribution in [0.5, 0.6) is 5.75 Å². The third kappa shape index (κ3) is 7.91. The summed E-state index contributed by atoms with van der Waals surface area (Å²) in [6, 6.07) is 9.77. The second kappa shape index (κ2) is 14.4. The van der Waals surface area contributed by atoms with Crippen LogP contribution in [0.15, 0.2) is 36.4 Å². The smallest absolute Gasteiger partial charge is 0.400 e. The molecule has 1 aliphatic heterocycles. The molecule has 234 valence electrons. The van der Waals surface area contributed by atoms with E-state index in [1.54, 1.807) is 12.1 Å². The van der Waals surface area contributed by atoms with Crippen LogP contribution < -0.4 is 4.74 Å². The van der Waals surface area contributed by atoms with Crippen LogP contribution in [0.4, 0.5) is 17.6 Å². The summed E-state index contributed by atoms with van der Waals surface area (Å²) in [5, 5.41) is 8.83. The predicted octanol–water partition coefficient (Wildman–Crippen LogP) is 9.83. The topological polar surface area (TPSA) is 51.5 Å². The Morgan fingerprint density at radius 2 is 1.58 bits per heavy atom. The lowest BCUT2D eigenvalue weighted by Gasteiger charge is -2.38. The number of halogens is 4. The largest absolute Gasteiger partial charge is 0.432 e. The summed E-state index contributed by atoms with van der Waals surface area (Å²) in [4.78, 5) is 0. The first-order chi connectivity index (χ1) is 20.8. The van der Waals surface area contributed by atoms with E-state index in [1.807, 2.05) is 6.07 Å². The van der Waals surface area contributed by atoms with Crippen molar-refractivity contribution in [3.63, 3.8) is 0 Å². The van der Waals surface area contributed by atoms with E-state index in [9.17, 15) is 13.2 Å². The van der Waals surface area contributed by atoms with Gasteiger partial charge in [0.1, 0.15) is 23.5 Å². The summed E-state index contributed by atoms with van der Waals surface area (Å²) in [7, 11) is 0. The van der Waals surface area contributed by atoms with Gasteiger partial charge in [0.25, 0.3) is 0 Å². The minimum absolute atomic E-state index is 0.147. The molecule has 2 aromatic rings. The zero-order valence-electron chi connectivity index (χ0n) is 25.0. The minimum Gasteiger partial charge on any atom is -0.432 e. The van der Waals surface area contributed by atoms with Crippen molar-refractivity contribution < 1.29 is 31.8 Å². The van der Waals surface area contributed by atoms with Gasteiger partial charge >= 0.3 is 6.11 Å². The Morgan fingerprint density at radius 3 is 2.21 bits per heavy atom. The second-order valence-corrected chi connectivity index (χ2v) is 12.8. The standard InChI is InChI=1S/C35H43F4NO3/c1-2-3-4-5-23-6-8-24(9-7-23)28-21-41-34(42-22-28)26-13-17-31(33(37)18-26)25-10-14-29(15-11-25)35(38,39)43-30-16-12-27(20-40)32(36)19-30/h12-13,16-19,23-25,28-29,34H,2-11,14-15,21-22H2,1H3. The Kier molecular flexibility index (Phi) is 10.7. The molecule has 2 aliphatic carbocycles. The summed E-state index contributed by atoms with van der Waals surface area (Å²) >= 11 is 0. The highest BCUT2D eigenvalue weighted by atomic mass is 19.3. The fourth-order valence-corrected chi connectivity index (χ4v) is 7.27. The fraction of sp³-hybridized carbons (Fsp3) is 0.629. The summed E-state index contributed by atoms with van der Waals surface area (Å²) in [6.07, 6.45) is 7.33. The van der Waals surface area contributed by atoms with E-state index in [1.165, 1.54) is 63.5 Å². The monoisotopic (exact) mass is 601 g/mol. The molecule has 1 saturated heterocycles. The predicted molar refractivity (Wildman–Crippen MR) is 156 cm³/mol. The number of benzene rings is 2. The molecule has 5 rings (SSSR count). The Morgan fingerprint density at radius 1 is 0.860 bits per heavy atom. The molecule has 0 radical (unpaired) electrons. The summed E-state index contributed by atoms with van der Waals surface area (Å²) in [5.41, 5.74) is 0.924. The van der Waals surface area contributed by atoms with Gasteiger partial charge in [-0.25, -0.2) is 8.78 Å². The first-order valence-electron chi connectivity index (χ1n) is 16.1. The highest BCUT2D eigenvalue weighted by Crippen LogP contribution is 2.44. The second-order valence-electron chi connectivity index (χ2n) is 12.8. The molecule has 0 aromatic heterocycles. The van der Waals surface area contributed by atoms with Crippen LogP contribution in [0.25, 0.3) is 0 Å². The molecular weight excluding hydrogens is 558 g/mol. The summed E-state index contributed by atoms with van der Waals surface area (Å²) < 4.78 is 75.9. The zero-order chi connectivity index (χ0) is 30.4. The molecule has 0 bridgehead atoms. The molecule has 8 heteroatoms. The van der Waals surface area contributed by atoms with Crippen molar-refractivity contribution in [3.05, 3.63) is 64.7 Å². The lowest BCUT2D eigenvalue weighted by Crippen LogP contribution is -2.37. The molecular formula is C35H43F4NO3. The maximum absolute atomic E-state index is 15.3. The van der Waals surface area contributed by atoms with Gasteiger partial charge in [0, 0.05) is 17.5 Å². The van der Waals surface area contributed by atoms with Crippen LogP contribution in [0.1, 0.15) is 113 Å². The Labute approximate surface area is 252 Å². The van der Waals surface area contributed by atoms with Gasteiger partial charge in [-0.05, 0) is 80.0 Å². The van der Waals surface area contributed by atoms with E-state index < -0.39 is 24.1 Å². The average Bonchev–Trinajstić information content (AvgIpc) is 3.02. The van der Waals surface area contributed by atoms with Crippen molar-refractivity contribution in [2.24, 2.45) is 23.7 Å². The Bertz CT molecular complexity index is 1240. The summed E-state index contributed by atoms with van der Waals surface area (Å²) in [6.45, 7) is 3.49. The van der Waals surface area contributed by atoms with Gasteiger partial charge < -0.3 is 14.2 Å². The molecule has 0 unspecified atom stereocenters. The molecule has 0 amide bonds. The maximum atomic E-state index is 15.3. The molecule has 3 fully saturated rings. The van der Waals surface area contributed by atoms with Gasteiger partial charge in [0.15, 0.2) is 6.29 Å². The van der Waals surface area contributed by atoms with Crippen LogP contribution in [0, 0.1) is 46.6 Å². The van der Waals surface area contributed by atoms with Crippen molar-refractivity contribution in [1.29, 1.82) is 5.26 Å². The van der Waals surface area contributed by atoms with Gasteiger partial charge in [-0.3, -0.25) is 0 Å². The van der Waals surface area contributed by atoms with Crippen molar-refractivity contribution in [2.45, 2.75) is 102 Å². The van der Waals surface area contributed by atoms with Crippen LogP contribution in [-0.4, -0.2) is 19.3 Å². The zero-order valence-corrected chi connectivity index (χ0v) is 25.0. The van der Waals surface area contributed by atoms with Gasteiger partial charge in [0.05, 0.1) is 24.7 Å². The average molecular weight is 602 g/mol. The van der Waals surface area contributed by atoms with E-state index in [0.717, 1.165) is 18.1 Å². The number of rotatable bonds is 10. The van der Waals surface area contributed by atoms with Crippen molar-refractivity contribution >= 4 is 0 Å². The van der Waals surface area contributed by atoms with Crippen LogP contribution >= 0.6 is 0 Å². The van der Waals surface area contributed by atoms with Gasteiger partial charge in [-0.15, -0.1) is 0 Å².